The molecule has 6 heteroatoms. The molecule has 21 heavy (non-hydrogen) atoms. The summed E-state index contributed by atoms with van der Waals surface area (Å²) in [5, 5.41) is 4.77. The molecule has 1 atom stereocenters. The van der Waals surface area contributed by atoms with Crippen LogP contribution in [0.25, 0.3) is 0 Å². The number of amides is 1. The highest BCUT2D eigenvalue weighted by Gasteiger charge is 2.32. The standard InChI is InChI=1S/C15H12BrFN2OS/c1-4-15(3,11-6-5-10(16)7-12(11)17)13-8-21-14(19-13)18-9(2)20/h1,5-8H,2-3H3,(H,18,19,20). The number of thiazole rings is 1. The first-order chi connectivity index (χ1) is 9.86. The van der Waals surface area contributed by atoms with E-state index in [2.05, 4.69) is 32.2 Å². The largest absolute Gasteiger partial charge is 0.302 e. The lowest BCUT2D eigenvalue weighted by Crippen LogP contribution is -2.23. The Morgan fingerprint density at radius 2 is 2.29 bits per heavy atom. The van der Waals surface area contributed by atoms with E-state index in [1.165, 1.54) is 24.3 Å². The van der Waals surface area contributed by atoms with Gasteiger partial charge in [-0.15, -0.1) is 17.8 Å². The molecule has 2 rings (SSSR count). The zero-order chi connectivity index (χ0) is 15.6. The number of terminal acetylenes is 1. The van der Waals surface area contributed by atoms with E-state index in [1.54, 1.807) is 24.4 Å². The summed E-state index contributed by atoms with van der Waals surface area (Å²) in [5.74, 6) is 2.00. The van der Waals surface area contributed by atoms with E-state index in [-0.39, 0.29) is 5.91 Å². The highest BCUT2D eigenvalue weighted by Crippen LogP contribution is 2.35. The van der Waals surface area contributed by atoms with Gasteiger partial charge in [-0.25, -0.2) is 9.37 Å². The van der Waals surface area contributed by atoms with Crippen molar-refractivity contribution in [2.24, 2.45) is 0 Å². The van der Waals surface area contributed by atoms with Crippen LogP contribution in [0.4, 0.5) is 9.52 Å². The first-order valence-corrected chi connectivity index (χ1v) is 7.71. The molecule has 0 aliphatic rings. The molecule has 1 amide bonds. The van der Waals surface area contributed by atoms with Gasteiger partial charge in [0.2, 0.25) is 5.91 Å². The molecule has 0 radical (unpaired) electrons. The first-order valence-electron chi connectivity index (χ1n) is 6.03. The van der Waals surface area contributed by atoms with Crippen molar-refractivity contribution >= 4 is 38.3 Å². The SMILES string of the molecule is C#CC(C)(c1csc(NC(C)=O)n1)c1ccc(Br)cc1F. The van der Waals surface area contributed by atoms with Gasteiger partial charge in [-0.05, 0) is 19.1 Å². The van der Waals surface area contributed by atoms with E-state index in [1.807, 2.05) is 0 Å². The second-order valence-electron chi connectivity index (χ2n) is 4.61. The van der Waals surface area contributed by atoms with Crippen molar-refractivity contribution in [1.29, 1.82) is 0 Å². The summed E-state index contributed by atoms with van der Waals surface area (Å²) >= 11 is 4.47. The van der Waals surface area contributed by atoms with Gasteiger partial charge in [0.05, 0.1) is 11.1 Å². The maximum Gasteiger partial charge on any atom is 0.223 e. The van der Waals surface area contributed by atoms with E-state index in [9.17, 15) is 9.18 Å². The van der Waals surface area contributed by atoms with Crippen LogP contribution in [-0.4, -0.2) is 10.9 Å². The van der Waals surface area contributed by atoms with E-state index in [4.69, 9.17) is 6.42 Å². The van der Waals surface area contributed by atoms with Gasteiger partial charge < -0.3 is 5.32 Å². The molecule has 1 aromatic carbocycles. The Balaban J connectivity index is 2.48. The molecule has 0 saturated carbocycles. The topological polar surface area (TPSA) is 42.0 Å². The van der Waals surface area contributed by atoms with Crippen molar-refractivity contribution in [3.63, 3.8) is 0 Å². The van der Waals surface area contributed by atoms with Crippen molar-refractivity contribution in [2.45, 2.75) is 19.3 Å². The van der Waals surface area contributed by atoms with Gasteiger partial charge in [0.25, 0.3) is 0 Å². The lowest BCUT2D eigenvalue weighted by atomic mass is 9.80. The third kappa shape index (κ3) is 3.14. The van der Waals surface area contributed by atoms with Crippen LogP contribution in [-0.2, 0) is 10.2 Å². The molecule has 0 bridgehead atoms. The monoisotopic (exact) mass is 366 g/mol. The smallest absolute Gasteiger partial charge is 0.223 e. The van der Waals surface area contributed by atoms with Crippen LogP contribution in [0.15, 0.2) is 28.1 Å². The quantitative estimate of drug-likeness (QED) is 0.835. The van der Waals surface area contributed by atoms with E-state index in [0.29, 0.717) is 20.9 Å². The van der Waals surface area contributed by atoms with Gasteiger partial charge in [0.1, 0.15) is 5.82 Å². The van der Waals surface area contributed by atoms with Gasteiger partial charge in [0, 0.05) is 22.3 Å². The maximum absolute atomic E-state index is 14.2. The fourth-order valence-corrected chi connectivity index (χ4v) is 3.09. The maximum atomic E-state index is 14.2. The normalized spacial score (nSPS) is 13.3. The molecule has 0 fully saturated rings. The highest BCUT2D eigenvalue weighted by atomic mass is 79.9. The van der Waals surface area contributed by atoms with Crippen molar-refractivity contribution in [2.75, 3.05) is 5.32 Å². The molecule has 1 heterocycles. The average molecular weight is 367 g/mol. The summed E-state index contributed by atoms with van der Waals surface area (Å²) in [6, 6.07) is 4.73. The Morgan fingerprint density at radius 1 is 1.57 bits per heavy atom. The second-order valence-corrected chi connectivity index (χ2v) is 6.39. The highest BCUT2D eigenvalue weighted by molar-refractivity contribution is 9.10. The summed E-state index contributed by atoms with van der Waals surface area (Å²) in [4.78, 5) is 15.4. The lowest BCUT2D eigenvalue weighted by Gasteiger charge is -2.22. The first kappa shape index (κ1) is 15.7. The van der Waals surface area contributed by atoms with Crippen LogP contribution in [0.1, 0.15) is 25.1 Å². The number of carbonyl (C=O) groups is 1. The van der Waals surface area contributed by atoms with Crippen LogP contribution in [0.5, 0.6) is 0 Å². The average Bonchev–Trinajstić information content (AvgIpc) is 2.86. The molecular weight excluding hydrogens is 355 g/mol. The van der Waals surface area contributed by atoms with Crippen LogP contribution in [0.2, 0.25) is 0 Å². The summed E-state index contributed by atoms with van der Waals surface area (Å²) in [6.45, 7) is 3.13. The summed E-state index contributed by atoms with van der Waals surface area (Å²) in [7, 11) is 0. The van der Waals surface area contributed by atoms with Gasteiger partial charge in [-0.1, -0.05) is 27.9 Å². The summed E-state index contributed by atoms with van der Waals surface area (Å²) < 4.78 is 14.9. The van der Waals surface area contributed by atoms with Crippen molar-refractivity contribution in [3.05, 3.63) is 45.1 Å². The number of rotatable bonds is 3. The Labute approximate surface area is 134 Å². The molecule has 0 aliphatic carbocycles. The van der Waals surface area contributed by atoms with Crippen LogP contribution >= 0.6 is 27.3 Å². The zero-order valence-corrected chi connectivity index (χ0v) is 13.8. The van der Waals surface area contributed by atoms with Crippen LogP contribution in [0.3, 0.4) is 0 Å². The van der Waals surface area contributed by atoms with Gasteiger partial charge in [0.15, 0.2) is 5.13 Å². The molecule has 1 aromatic heterocycles. The molecule has 1 N–H and O–H groups in total. The molecule has 2 aromatic rings. The van der Waals surface area contributed by atoms with E-state index >= 15 is 0 Å². The molecule has 1 unspecified atom stereocenters. The van der Waals surface area contributed by atoms with Gasteiger partial charge >= 0.3 is 0 Å². The Hall–Kier alpha value is -1.71. The predicted molar refractivity (Wildman–Crippen MR) is 85.8 cm³/mol. The summed E-state index contributed by atoms with van der Waals surface area (Å²) in [5.41, 5.74) is -0.106. The fourth-order valence-electron chi connectivity index (χ4n) is 1.90. The number of anilines is 1. The zero-order valence-electron chi connectivity index (χ0n) is 11.4. The minimum absolute atomic E-state index is 0.215. The Kier molecular flexibility index (Phi) is 4.45. The molecule has 0 aliphatic heterocycles. The van der Waals surface area contributed by atoms with Crippen molar-refractivity contribution in [3.8, 4) is 12.3 Å². The van der Waals surface area contributed by atoms with Gasteiger partial charge in [-0.3, -0.25) is 4.79 Å². The Bertz CT molecular complexity index is 738. The number of nitrogens with zero attached hydrogens (tertiary/aromatic N) is 1. The number of hydrogen-bond acceptors (Lipinski definition) is 3. The van der Waals surface area contributed by atoms with E-state index < -0.39 is 11.2 Å². The number of benzene rings is 1. The number of aromatic nitrogens is 1. The number of halogens is 2. The Morgan fingerprint density at radius 3 is 2.86 bits per heavy atom. The minimum atomic E-state index is -1.00. The minimum Gasteiger partial charge on any atom is -0.302 e. The molecule has 0 saturated heterocycles. The second kappa shape index (κ2) is 5.96. The van der Waals surface area contributed by atoms with Crippen LogP contribution < -0.4 is 5.32 Å². The number of nitrogens with one attached hydrogen (secondary N) is 1. The fraction of sp³-hybridized carbons (Fsp3) is 0.200. The van der Waals surface area contributed by atoms with Crippen molar-refractivity contribution < 1.29 is 9.18 Å². The number of carbonyl (C=O) groups excluding carboxylic acids is 1. The molecule has 3 nitrogen and oxygen atoms in total. The van der Waals surface area contributed by atoms with Crippen LogP contribution in [0, 0.1) is 18.2 Å². The predicted octanol–water partition coefficient (Wildman–Crippen LogP) is 3.94. The van der Waals surface area contributed by atoms with Crippen molar-refractivity contribution in [1.82, 2.24) is 4.98 Å². The molecular formula is C15H12BrFN2OS. The molecule has 108 valence electrons. The van der Waals surface area contributed by atoms with E-state index in [0.717, 1.165) is 0 Å². The molecule has 0 spiro atoms. The third-order valence-corrected chi connectivity index (χ3v) is 4.31. The summed E-state index contributed by atoms with van der Waals surface area (Å²) in [6.07, 6.45) is 5.64. The third-order valence-electron chi connectivity index (χ3n) is 3.06. The number of hydrogen-bond donors (Lipinski definition) is 1. The lowest BCUT2D eigenvalue weighted by molar-refractivity contribution is -0.114. The van der Waals surface area contributed by atoms with Gasteiger partial charge in [-0.2, -0.15) is 0 Å².